The average Bonchev–Trinajstić information content (AvgIpc) is 2.14. The van der Waals surface area contributed by atoms with Gasteiger partial charge in [-0.2, -0.15) is 13.2 Å². The topological polar surface area (TPSA) is 17.1 Å². The molecule has 88 valence electrons. The minimum absolute atomic E-state index is 0.529. The molecular formula is C9H4ClF5O. The molecule has 0 saturated carbocycles. The molecule has 1 aromatic carbocycles. The molecule has 0 aliphatic heterocycles. The van der Waals surface area contributed by atoms with Crippen molar-refractivity contribution in [1.82, 2.24) is 0 Å². The highest BCUT2D eigenvalue weighted by molar-refractivity contribution is 6.34. The van der Waals surface area contributed by atoms with Gasteiger partial charge in [0.1, 0.15) is 0 Å². The van der Waals surface area contributed by atoms with Crippen LogP contribution in [0.1, 0.15) is 15.9 Å². The molecule has 0 aliphatic carbocycles. The SMILES string of the molecule is O=C(c1c(Cl)cccc1C(F)(F)F)C(F)F. The Morgan fingerprint density at radius 2 is 1.81 bits per heavy atom. The Kier molecular flexibility index (Phi) is 3.52. The number of alkyl halides is 5. The van der Waals surface area contributed by atoms with E-state index >= 15 is 0 Å². The first-order chi connectivity index (χ1) is 7.25. The van der Waals surface area contributed by atoms with Crippen molar-refractivity contribution >= 4 is 17.4 Å². The predicted octanol–water partition coefficient (Wildman–Crippen LogP) is 3.81. The van der Waals surface area contributed by atoms with Gasteiger partial charge in [-0.1, -0.05) is 17.7 Å². The summed E-state index contributed by atoms with van der Waals surface area (Å²) in [7, 11) is 0. The van der Waals surface area contributed by atoms with Gasteiger partial charge < -0.3 is 0 Å². The van der Waals surface area contributed by atoms with Crippen molar-refractivity contribution in [2.24, 2.45) is 0 Å². The van der Waals surface area contributed by atoms with Crippen LogP contribution in [0.15, 0.2) is 18.2 Å². The summed E-state index contributed by atoms with van der Waals surface area (Å²) >= 11 is 5.32. The highest BCUT2D eigenvalue weighted by atomic mass is 35.5. The summed E-state index contributed by atoms with van der Waals surface area (Å²) in [6.45, 7) is 0. The maximum absolute atomic E-state index is 12.4. The van der Waals surface area contributed by atoms with Gasteiger partial charge in [0.05, 0.1) is 16.1 Å². The van der Waals surface area contributed by atoms with Crippen molar-refractivity contribution < 1.29 is 26.7 Å². The van der Waals surface area contributed by atoms with Crippen LogP contribution < -0.4 is 0 Å². The molecule has 0 N–H and O–H groups in total. The molecule has 0 fully saturated rings. The normalized spacial score (nSPS) is 11.9. The van der Waals surface area contributed by atoms with Crippen LogP contribution in [-0.2, 0) is 6.18 Å². The predicted molar refractivity (Wildman–Crippen MR) is 46.8 cm³/mol. The molecule has 0 unspecified atom stereocenters. The van der Waals surface area contributed by atoms with Crippen LogP contribution >= 0.6 is 11.6 Å². The molecule has 0 heterocycles. The Hall–Kier alpha value is -1.17. The Morgan fingerprint density at radius 3 is 2.25 bits per heavy atom. The molecule has 7 heteroatoms. The second-order valence-corrected chi connectivity index (χ2v) is 3.23. The minimum atomic E-state index is -4.90. The van der Waals surface area contributed by atoms with Crippen LogP contribution in [-0.4, -0.2) is 12.2 Å². The molecule has 1 nitrogen and oxygen atoms in total. The zero-order valence-corrected chi connectivity index (χ0v) is 8.24. The zero-order chi connectivity index (χ0) is 12.5. The summed E-state index contributed by atoms with van der Waals surface area (Å²) in [4.78, 5) is 10.9. The van der Waals surface area contributed by atoms with E-state index in [9.17, 15) is 26.7 Å². The molecule has 0 spiro atoms. The number of carbonyl (C=O) groups excluding carboxylic acids is 1. The summed E-state index contributed by atoms with van der Waals surface area (Å²) in [5.74, 6) is -1.93. The number of halogens is 6. The Balaban J connectivity index is 3.41. The first-order valence-electron chi connectivity index (χ1n) is 3.93. The van der Waals surface area contributed by atoms with Crippen molar-refractivity contribution in [3.8, 4) is 0 Å². The van der Waals surface area contributed by atoms with E-state index < -0.39 is 34.5 Å². The minimum Gasteiger partial charge on any atom is -0.288 e. The molecule has 0 saturated heterocycles. The maximum atomic E-state index is 12.4. The molecule has 1 aromatic rings. The fourth-order valence-electron chi connectivity index (χ4n) is 1.12. The second-order valence-electron chi connectivity index (χ2n) is 2.83. The molecule has 0 aliphatic rings. The van der Waals surface area contributed by atoms with Crippen LogP contribution in [0.25, 0.3) is 0 Å². The summed E-state index contributed by atoms with van der Waals surface area (Å²) in [5.41, 5.74) is -2.64. The van der Waals surface area contributed by atoms with Crippen molar-refractivity contribution in [3.63, 3.8) is 0 Å². The van der Waals surface area contributed by atoms with E-state index in [0.717, 1.165) is 12.1 Å². The quantitative estimate of drug-likeness (QED) is 0.582. The summed E-state index contributed by atoms with van der Waals surface area (Å²) in [6.07, 6.45) is -8.42. The van der Waals surface area contributed by atoms with Gasteiger partial charge in [-0.05, 0) is 12.1 Å². The lowest BCUT2D eigenvalue weighted by molar-refractivity contribution is -0.138. The first-order valence-corrected chi connectivity index (χ1v) is 4.31. The van der Waals surface area contributed by atoms with E-state index in [1.165, 1.54) is 0 Å². The zero-order valence-electron chi connectivity index (χ0n) is 7.49. The fraction of sp³-hybridized carbons (Fsp3) is 0.222. The molecule has 0 radical (unpaired) electrons. The fourth-order valence-corrected chi connectivity index (χ4v) is 1.39. The molecule has 0 amide bonds. The largest absolute Gasteiger partial charge is 0.417 e. The van der Waals surface area contributed by atoms with E-state index in [0.29, 0.717) is 6.07 Å². The molecule has 0 bridgehead atoms. The van der Waals surface area contributed by atoms with Crippen LogP contribution in [0.4, 0.5) is 22.0 Å². The van der Waals surface area contributed by atoms with Crippen molar-refractivity contribution in [2.75, 3.05) is 0 Å². The van der Waals surface area contributed by atoms with Crippen LogP contribution in [0.5, 0.6) is 0 Å². The first kappa shape index (κ1) is 12.9. The monoisotopic (exact) mass is 258 g/mol. The molecule has 1 rings (SSSR count). The standard InChI is InChI=1S/C9H4ClF5O/c10-5-3-1-2-4(9(13,14)15)6(5)7(16)8(11)12/h1-3,8H. The lowest BCUT2D eigenvalue weighted by Gasteiger charge is -2.12. The van der Waals surface area contributed by atoms with Crippen molar-refractivity contribution in [3.05, 3.63) is 34.3 Å². The molecule has 0 aromatic heterocycles. The van der Waals surface area contributed by atoms with E-state index in [4.69, 9.17) is 11.6 Å². The van der Waals surface area contributed by atoms with Gasteiger partial charge in [-0.3, -0.25) is 4.79 Å². The smallest absolute Gasteiger partial charge is 0.288 e. The van der Waals surface area contributed by atoms with E-state index in [-0.39, 0.29) is 0 Å². The van der Waals surface area contributed by atoms with Crippen LogP contribution in [0, 0.1) is 0 Å². The van der Waals surface area contributed by atoms with Crippen molar-refractivity contribution in [2.45, 2.75) is 12.6 Å². The second kappa shape index (κ2) is 4.37. The van der Waals surface area contributed by atoms with Crippen molar-refractivity contribution in [1.29, 1.82) is 0 Å². The molecule has 0 atom stereocenters. The number of hydrogen-bond acceptors (Lipinski definition) is 1. The number of hydrogen-bond donors (Lipinski definition) is 0. The van der Waals surface area contributed by atoms with E-state index in [1.807, 2.05) is 0 Å². The Morgan fingerprint density at radius 1 is 1.25 bits per heavy atom. The third-order valence-electron chi connectivity index (χ3n) is 1.76. The molecular weight excluding hydrogens is 255 g/mol. The third-order valence-corrected chi connectivity index (χ3v) is 2.08. The number of ketones is 1. The van der Waals surface area contributed by atoms with Gasteiger partial charge in [0, 0.05) is 0 Å². The van der Waals surface area contributed by atoms with Crippen LogP contribution in [0.2, 0.25) is 5.02 Å². The van der Waals surface area contributed by atoms with Gasteiger partial charge in [0.15, 0.2) is 0 Å². The van der Waals surface area contributed by atoms with E-state index in [2.05, 4.69) is 0 Å². The summed E-state index contributed by atoms with van der Waals surface area (Å²) in [5, 5.41) is -0.639. The average molecular weight is 259 g/mol. The number of benzene rings is 1. The highest BCUT2D eigenvalue weighted by Crippen LogP contribution is 2.35. The van der Waals surface area contributed by atoms with Crippen LogP contribution in [0.3, 0.4) is 0 Å². The lowest BCUT2D eigenvalue weighted by atomic mass is 10.0. The maximum Gasteiger partial charge on any atom is 0.417 e. The third kappa shape index (κ3) is 2.49. The highest BCUT2D eigenvalue weighted by Gasteiger charge is 2.37. The van der Waals surface area contributed by atoms with Gasteiger partial charge in [0.25, 0.3) is 0 Å². The number of carbonyl (C=O) groups is 1. The van der Waals surface area contributed by atoms with Gasteiger partial charge in [0.2, 0.25) is 5.78 Å². The Bertz CT molecular complexity index is 413. The number of Topliss-reactive ketones (excluding diaryl/α,β-unsaturated/α-hetero) is 1. The lowest BCUT2D eigenvalue weighted by Crippen LogP contribution is -2.18. The summed E-state index contributed by atoms with van der Waals surface area (Å²) < 4.78 is 61.4. The van der Waals surface area contributed by atoms with Gasteiger partial charge in [-0.25, -0.2) is 8.78 Å². The van der Waals surface area contributed by atoms with E-state index in [1.54, 1.807) is 0 Å². The van der Waals surface area contributed by atoms with Gasteiger partial charge in [-0.15, -0.1) is 0 Å². The number of rotatable bonds is 2. The summed E-state index contributed by atoms with van der Waals surface area (Å²) in [6, 6.07) is 2.42. The Labute approximate surface area is 91.8 Å². The molecule has 16 heavy (non-hydrogen) atoms. The van der Waals surface area contributed by atoms with Gasteiger partial charge >= 0.3 is 12.6 Å².